The Morgan fingerprint density at radius 2 is 2.06 bits per heavy atom. The summed E-state index contributed by atoms with van der Waals surface area (Å²) in [6, 6.07) is 5.34. The number of aromatic nitrogens is 2. The van der Waals surface area contributed by atoms with Gasteiger partial charge in [0.15, 0.2) is 0 Å². The predicted molar refractivity (Wildman–Crippen MR) is 70.9 cm³/mol. The van der Waals surface area contributed by atoms with Crippen LogP contribution in [0.5, 0.6) is 11.6 Å². The maximum absolute atomic E-state index is 5.94. The number of nitrogens with two attached hydrogens (primary N) is 1. The first-order valence-electron chi connectivity index (χ1n) is 5.56. The lowest BCUT2D eigenvalue weighted by Crippen LogP contribution is -2.01. The average Bonchev–Trinajstić information content (AvgIpc) is 2.34. The third kappa shape index (κ3) is 2.78. The van der Waals surface area contributed by atoms with Crippen LogP contribution < -0.4 is 10.5 Å². The first-order chi connectivity index (χ1) is 8.60. The predicted octanol–water partition coefficient (Wildman–Crippen LogP) is 3.00. The van der Waals surface area contributed by atoms with E-state index in [1.807, 2.05) is 19.9 Å². The van der Waals surface area contributed by atoms with Crippen LogP contribution in [0.15, 0.2) is 24.4 Å². The highest BCUT2D eigenvalue weighted by molar-refractivity contribution is 6.30. The highest BCUT2D eigenvalue weighted by Gasteiger charge is 2.07. The Balaban J connectivity index is 2.33. The van der Waals surface area contributed by atoms with Crippen molar-refractivity contribution >= 4 is 11.6 Å². The molecular formula is C13H14ClN3O. The molecule has 0 bridgehead atoms. The van der Waals surface area contributed by atoms with Crippen molar-refractivity contribution in [1.29, 1.82) is 0 Å². The molecule has 0 atom stereocenters. The SMILES string of the molecule is Cc1ncc(Oc2cc(Cl)ccc2CN)nc1C. The molecule has 0 amide bonds. The van der Waals surface area contributed by atoms with Gasteiger partial charge in [0.05, 0.1) is 17.6 Å². The van der Waals surface area contributed by atoms with Gasteiger partial charge in [-0.25, -0.2) is 4.98 Å². The molecule has 0 aliphatic heterocycles. The normalized spacial score (nSPS) is 10.4. The summed E-state index contributed by atoms with van der Waals surface area (Å²) < 4.78 is 5.68. The molecule has 0 spiro atoms. The van der Waals surface area contributed by atoms with Crippen LogP contribution in [-0.4, -0.2) is 9.97 Å². The third-order valence-electron chi connectivity index (χ3n) is 2.63. The Morgan fingerprint density at radius 1 is 1.28 bits per heavy atom. The third-order valence-corrected chi connectivity index (χ3v) is 2.87. The van der Waals surface area contributed by atoms with Gasteiger partial charge in [-0.15, -0.1) is 0 Å². The maximum atomic E-state index is 5.94. The van der Waals surface area contributed by atoms with E-state index in [-0.39, 0.29) is 0 Å². The summed E-state index contributed by atoms with van der Waals surface area (Å²) in [7, 11) is 0. The first kappa shape index (κ1) is 12.8. The van der Waals surface area contributed by atoms with Crippen LogP contribution in [0, 0.1) is 13.8 Å². The van der Waals surface area contributed by atoms with Crippen LogP contribution in [0.25, 0.3) is 0 Å². The van der Waals surface area contributed by atoms with E-state index >= 15 is 0 Å². The number of hydrogen-bond donors (Lipinski definition) is 1. The van der Waals surface area contributed by atoms with Crippen LogP contribution in [0.2, 0.25) is 5.02 Å². The van der Waals surface area contributed by atoms with Gasteiger partial charge in [0.2, 0.25) is 5.88 Å². The monoisotopic (exact) mass is 263 g/mol. The fourth-order valence-corrected chi connectivity index (χ4v) is 1.64. The Morgan fingerprint density at radius 3 is 2.72 bits per heavy atom. The van der Waals surface area contributed by atoms with Crippen molar-refractivity contribution in [1.82, 2.24) is 9.97 Å². The molecule has 0 aliphatic carbocycles. The molecule has 0 fully saturated rings. The highest BCUT2D eigenvalue weighted by atomic mass is 35.5. The zero-order valence-corrected chi connectivity index (χ0v) is 11.0. The van der Waals surface area contributed by atoms with E-state index < -0.39 is 0 Å². The largest absolute Gasteiger partial charge is 0.437 e. The maximum Gasteiger partial charge on any atom is 0.238 e. The van der Waals surface area contributed by atoms with Crippen molar-refractivity contribution in [3.05, 3.63) is 46.4 Å². The second-order valence-corrected chi connectivity index (χ2v) is 4.37. The molecule has 4 nitrogen and oxygen atoms in total. The molecule has 94 valence electrons. The molecule has 0 saturated heterocycles. The van der Waals surface area contributed by atoms with E-state index in [1.165, 1.54) is 0 Å². The van der Waals surface area contributed by atoms with Gasteiger partial charge in [0, 0.05) is 17.1 Å². The molecular weight excluding hydrogens is 250 g/mol. The zero-order chi connectivity index (χ0) is 13.1. The van der Waals surface area contributed by atoms with Crippen LogP contribution in [0.1, 0.15) is 17.0 Å². The Kier molecular flexibility index (Phi) is 3.79. The first-order valence-corrected chi connectivity index (χ1v) is 5.94. The van der Waals surface area contributed by atoms with Gasteiger partial charge in [0.25, 0.3) is 0 Å². The fraction of sp³-hybridized carbons (Fsp3) is 0.231. The molecule has 2 rings (SSSR count). The standard InChI is InChI=1S/C13H14ClN3O/c1-8-9(2)17-13(7-16-8)18-12-5-11(14)4-3-10(12)6-15/h3-5,7H,6,15H2,1-2H3. The molecule has 5 heteroatoms. The minimum Gasteiger partial charge on any atom is -0.437 e. The smallest absolute Gasteiger partial charge is 0.238 e. The van der Waals surface area contributed by atoms with Crippen molar-refractivity contribution in [2.75, 3.05) is 0 Å². The van der Waals surface area contributed by atoms with Crippen molar-refractivity contribution < 1.29 is 4.74 Å². The Hall–Kier alpha value is -1.65. The molecule has 2 aromatic rings. The number of benzene rings is 1. The summed E-state index contributed by atoms with van der Waals surface area (Å²) in [6.07, 6.45) is 1.59. The number of rotatable bonds is 3. The second-order valence-electron chi connectivity index (χ2n) is 3.94. The second kappa shape index (κ2) is 5.33. The summed E-state index contributed by atoms with van der Waals surface area (Å²) in [5, 5.41) is 0.596. The average molecular weight is 264 g/mol. The Bertz CT molecular complexity index is 572. The summed E-state index contributed by atoms with van der Waals surface area (Å²) in [5.74, 6) is 1.05. The van der Waals surface area contributed by atoms with Crippen LogP contribution in [0.4, 0.5) is 0 Å². The molecule has 18 heavy (non-hydrogen) atoms. The van der Waals surface area contributed by atoms with Gasteiger partial charge in [-0.1, -0.05) is 17.7 Å². The molecule has 1 aromatic heterocycles. The van der Waals surface area contributed by atoms with Crippen LogP contribution in [-0.2, 0) is 6.54 Å². The molecule has 0 saturated carbocycles. The number of halogens is 1. The van der Waals surface area contributed by atoms with Gasteiger partial charge in [-0.2, -0.15) is 0 Å². The van der Waals surface area contributed by atoms with Gasteiger partial charge in [-0.3, -0.25) is 4.98 Å². The minimum absolute atomic E-state index is 0.380. The van der Waals surface area contributed by atoms with E-state index in [4.69, 9.17) is 22.1 Å². The van der Waals surface area contributed by atoms with Gasteiger partial charge in [0.1, 0.15) is 5.75 Å². The highest BCUT2D eigenvalue weighted by Crippen LogP contribution is 2.27. The molecule has 0 radical (unpaired) electrons. The summed E-state index contributed by atoms with van der Waals surface area (Å²) in [5.41, 5.74) is 8.24. The van der Waals surface area contributed by atoms with Gasteiger partial charge in [-0.05, 0) is 26.0 Å². The number of hydrogen-bond acceptors (Lipinski definition) is 4. The lowest BCUT2D eigenvalue weighted by Gasteiger charge is -2.10. The molecule has 0 unspecified atom stereocenters. The number of aryl methyl sites for hydroxylation is 2. The molecule has 1 heterocycles. The van der Waals surface area contributed by atoms with Crippen molar-refractivity contribution in [2.24, 2.45) is 5.73 Å². The van der Waals surface area contributed by atoms with Crippen LogP contribution >= 0.6 is 11.6 Å². The summed E-state index contributed by atoms with van der Waals surface area (Å²) >= 11 is 5.94. The van der Waals surface area contributed by atoms with E-state index in [0.29, 0.717) is 23.2 Å². The lowest BCUT2D eigenvalue weighted by molar-refractivity contribution is 0.452. The van der Waals surface area contributed by atoms with Crippen molar-refractivity contribution in [2.45, 2.75) is 20.4 Å². The van der Waals surface area contributed by atoms with E-state index in [1.54, 1.807) is 18.3 Å². The summed E-state index contributed by atoms with van der Waals surface area (Å²) in [4.78, 5) is 8.51. The Labute approximate surface area is 111 Å². The van der Waals surface area contributed by atoms with Crippen LogP contribution in [0.3, 0.4) is 0 Å². The van der Waals surface area contributed by atoms with Crippen molar-refractivity contribution in [3.8, 4) is 11.6 Å². The van der Waals surface area contributed by atoms with E-state index in [0.717, 1.165) is 17.0 Å². The quantitative estimate of drug-likeness (QED) is 0.925. The topological polar surface area (TPSA) is 61.0 Å². The molecule has 0 aliphatic rings. The van der Waals surface area contributed by atoms with Gasteiger partial charge < -0.3 is 10.5 Å². The van der Waals surface area contributed by atoms with Crippen molar-refractivity contribution in [3.63, 3.8) is 0 Å². The number of ether oxygens (including phenoxy) is 1. The van der Waals surface area contributed by atoms with E-state index in [2.05, 4.69) is 9.97 Å². The zero-order valence-electron chi connectivity index (χ0n) is 10.3. The number of nitrogens with zero attached hydrogens (tertiary/aromatic N) is 2. The minimum atomic E-state index is 0.380. The molecule has 2 N–H and O–H groups in total. The van der Waals surface area contributed by atoms with Gasteiger partial charge >= 0.3 is 0 Å². The lowest BCUT2D eigenvalue weighted by atomic mass is 10.2. The molecule has 1 aromatic carbocycles. The van der Waals surface area contributed by atoms with E-state index in [9.17, 15) is 0 Å². The fourth-order valence-electron chi connectivity index (χ4n) is 1.47. The summed E-state index contributed by atoms with van der Waals surface area (Å²) in [6.45, 7) is 4.17.